The quantitative estimate of drug-likeness (QED) is 0.250. The molecule has 0 aromatic heterocycles. The third kappa shape index (κ3) is 3.40. The summed E-state index contributed by atoms with van der Waals surface area (Å²) in [7, 11) is -1.51. The maximum absolute atomic E-state index is 10.1. The molecule has 2 N–H and O–H groups in total. The Hall–Kier alpha value is -4.64. The Kier molecular flexibility index (Phi) is 5.21. The molecule has 1 aliphatic heterocycles. The van der Waals surface area contributed by atoms with Gasteiger partial charge in [-0.25, -0.2) is 0 Å². The molecule has 1 heterocycles. The number of hydrogen-bond donors (Lipinski definition) is 2. The van der Waals surface area contributed by atoms with Gasteiger partial charge in [-0.1, -0.05) is 109 Å². The van der Waals surface area contributed by atoms with E-state index in [1.165, 1.54) is 28.1 Å². The first kappa shape index (κ1) is 23.3. The van der Waals surface area contributed by atoms with Crippen LogP contribution in [0.3, 0.4) is 0 Å². The summed E-state index contributed by atoms with van der Waals surface area (Å²) >= 11 is 0. The Bertz CT molecular complexity index is 1840. The highest BCUT2D eigenvalue weighted by atomic mass is 16.4. The largest absolute Gasteiger partial charge is 0.489 e. The number of rotatable bonds is 4. The van der Waals surface area contributed by atoms with E-state index in [-0.39, 0.29) is 12.0 Å². The monoisotopic (exact) mass is 515 g/mol. The van der Waals surface area contributed by atoms with Crippen molar-refractivity contribution >= 4 is 29.5 Å². The van der Waals surface area contributed by atoms with Crippen molar-refractivity contribution in [2.24, 2.45) is 0 Å². The van der Waals surface area contributed by atoms with Gasteiger partial charge >= 0.3 is 7.12 Å². The van der Waals surface area contributed by atoms with Crippen molar-refractivity contribution < 1.29 is 10.0 Å². The normalized spacial score (nSPS) is 17.8. The summed E-state index contributed by atoms with van der Waals surface area (Å²) in [5.41, 5.74) is 13.3. The fourth-order valence-electron chi connectivity index (χ4n) is 6.79. The van der Waals surface area contributed by atoms with E-state index >= 15 is 0 Å². The number of nitrogens with zero attached hydrogens (tertiary/aromatic N) is 1. The molecule has 0 amide bonds. The summed E-state index contributed by atoms with van der Waals surface area (Å²) in [4.78, 5) is 2.46. The van der Waals surface area contributed by atoms with Gasteiger partial charge in [-0.05, 0) is 79.8 Å². The lowest BCUT2D eigenvalue weighted by molar-refractivity contribution is 0.426. The summed E-state index contributed by atoms with van der Waals surface area (Å²) in [6.45, 7) is 0. The van der Waals surface area contributed by atoms with Gasteiger partial charge in [-0.15, -0.1) is 0 Å². The van der Waals surface area contributed by atoms with Crippen molar-refractivity contribution in [3.8, 4) is 33.4 Å². The second-order valence-corrected chi connectivity index (χ2v) is 10.7. The Morgan fingerprint density at radius 1 is 0.625 bits per heavy atom. The molecule has 190 valence electrons. The number of para-hydroxylation sites is 1. The van der Waals surface area contributed by atoms with Crippen LogP contribution in [0.25, 0.3) is 39.0 Å². The summed E-state index contributed by atoms with van der Waals surface area (Å²) in [5.74, 6) is 0.201. The maximum Gasteiger partial charge on any atom is 0.489 e. The molecule has 5 aromatic carbocycles. The lowest BCUT2D eigenvalue weighted by Gasteiger charge is -2.30. The molecule has 2 aliphatic carbocycles. The van der Waals surface area contributed by atoms with Crippen LogP contribution in [0.5, 0.6) is 0 Å². The molecule has 0 spiro atoms. The smallest absolute Gasteiger partial charge is 0.423 e. The molecule has 40 heavy (non-hydrogen) atoms. The van der Waals surface area contributed by atoms with Crippen molar-refractivity contribution in [1.82, 2.24) is 0 Å². The van der Waals surface area contributed by atoms with Crippen molar-refractivity contribution in [3.63, 3.8) is 0 Å². The van der Waals surface area contributed by atoms with E-state index in [9.17, 15) is 10.0 Å². The van der Waals surface area contributed by atoms with Gasteiger partial charge in [-0.3, -0.25) is 0 Å². The minimum atomic E-state index is -1.51. The van der Waals surface area contributed by atoms with Crippen molar-refractivity contribution in [3.05, 3.63) is 145 Å². The van der Waals surface area contributed by atoms with Crippen LogP contribution in [0.15, 0.2) is 133 Å². The highest BCUT2D eigenvalue weighted by Crippen LogP contribution is 2.53. The Balaban J connectivity index is 1.29. The average molecular weight is 515 g/mol. The minimum absolute atomic E-state index is 0.190. The number of benzene rings is 5. The third-order valence-electron chi connectivity index (χ3n) is 8.58. The molecule has 2 unspecified atom stereocenters. The molecule has 0 fully saturated rings. The van der Waals surface area contributed by atoms with Crippen molar-refractivity contribution in [2.75, 3.05) is 4.90 Å². The molecule has 4 heteroatoms. The van der Waals surface area contributed by atoms with Crippen LogP contribution in [-0.4, -0.2) is 23.2 Å². The molecule has 3 aliphatic rings. The molecule has 2 atom stereocenters. The molecule has 0 saturated carbocycles. The van der Waals surface area contributed by atoms with Gasteiger partial charge in [0.15, 0.2) is 0 Å². The van der Waals surface area contributed by atoms with E-state index in [2.05, 4.69) is 126 Å². The predicted molar refractivity (Wildman–Crippen MR) is 165 cm³/mol. The first-order chi connectivity index (χ1) is 19.7. The number of fused-ring (bicyclic) bond motifs is 7. The second kappa shape index (κ2) is 8.95. The standard InChI is InChI=1S/C36H26BNO2/c39-37(40)32-16-8-15-29-28-14-7-13-27(35(28)36(29)32)25-18-20-34-31(22-25)30-21-24(23-9-3-1-4-10-23)17-19-33(30)38(34)26-11-5-2-6-12-26/h1-22,30,33,39-40H. The second-order valence-electron chi connectivity index (χ2n) is 10.7. The van der Waals surface area contributed by atoms with Crippen LogP contribution in [0.4, 0.5) is 11.4 Å². The summed E-state index contributed by atoms with van der Waals surface area (Å²) in [5, 5.41) is 20.2. The minimum Gasteiger partial charge on any atom is -0.423 e. The van der Waals surface area contributed by atoms with Crippen LogP contribution >= 0.6 is 0 Å². The Labute approximate surface area is 234 Å². The van der Waals surface area contributed by atoms with Gasteiger partial charge in [-0.2, -0.15) is 0 Å². The van der Waals surface area contributed by atoms with Gasteiger partial charge in [0.2, 0.25) is 0 Å². The number of hydrogen-bond acceptors (Lipinski definition) is 3. The zero-order valence-corrected chi connectivity index (χ0v) is 21.8. The van der Waals surface area contributed by atoms with Crippen LogP contribution in [0.1, 0.15) is 17.0 Å². The molecule has 5 aromatic rings. The Morgan fingerprint density at radius 2 is 1.32 bits per heavy atom. The summed E-state index contributed by atoms with van der Waals surface area (Å²) in [6, 6.07) is 40.4. The topological polar surface area (TPSA) is 43.7 Å². The summed E-state index contributed by atoms with van der Waals surface area (Å²) in [6.07, 6.45) is 7.03. The van der Waals surface area contributed by atoms with Gasteiger partial charge in [0, 0.05) is 17.3 Å². The van der Waals surface area contributed by atoms with E-state index in [1.54, 1.807) is 6.07 Å². The first-order valence-corrected chi connectivity index (χ1v) is 13.8. The highest BCUT2D eigenvalue weighted by molar-refractivity contribution is 6.61. The fourth-order valence-corrected chi connectivity index (χ4v) is 6.79. The molecule has 0 radical (unpaired) electrons. The van der Waals surface area contributed by atoms with Gasteiger partial charge in [0.05, 0.1) is 6.04 Å². The molecular weight excluding hydrogens is 489 g/mol. The maximum atomic E-state index is 10.1. The molecule has 3 nitrogen and oxygen atoms in total. The molecule has 0 saturated heterocycles. The van der Waals surface area contributed by atoms with Gasteiger partial charge in [0.25, 0.3) is 0 Å². The van der Waals surface area contributed by atoms with E-state index in [0.29, 0.717) is 5.46 Å². The van der Waals surface area contributed by atoms with Crippen molar-refractivity contribution in [1.29, 1.82) is 0 Å². The van der Waals surface area contributed by atoms with Crippen LogP contribution in [-0.2, 0) is 0 Å². The zero-order chi connectivity index (χ0) is 26.8. The highest BCUT2D eigenvalue weighted by Gasteiger charge is 2.39. The summed E-state index contributed by atoms with van der Waals surface area (Å²) < 4.78 is 0. The van der Waals surface area contributed by atoms with Crippen molar-refractivity contribution in [2.45, 2.75) is 12.0 Å². The molecular formula is C36H26BNO2. The van der Waals surface area contributed by atoms with E-state index in [4.69, 9.17) is 0 Å². The van der Waals surface area contributed by atoms with Gasteiger partial charge < -0.3 is 14.9 Å². The molecule has 8 rings (SSSR count). The number of allylic oxidation sites excluding steroid dienone is 2. The van der Waals surface area contributed by atoms with Crippen LogP contribution < -0.4 is 10.4 Å². The van der Waals surface area contributed by atoms with Gasteiger partial charge in [0.1, 0.15) is 0 Å². The SMILES string of the molecule is OB(O)c1cccc2c1-c1c(-c3ccc4c(c3)C3C=C(c5ccccc5)C=CC3N4c3ccccc3)cccc1-2. The average Bonchev–Trinajstić information content (AvgIpc) is 3.33. The third-order valence-corrected chi connectivity index (χ3v) is 8.58. The lowest BCUT2D eigenvalue weighted by atomic mass is 9.66. The van der Waals surface area contributed by atoms with E-state index in [0.717, 1.165) is 33.4 Å². The lowest BCUT2D eigenvalue weighted by Crippen LogP contribution is -2.33. The number of anilines is 2. The first-order valence-electron chi connectivity index (χ1n) is 13.8. The zero-order valence-electron chi connectivity index (χ0n) is 21.8. The van der Waals surface area contributed by atoms with E-state index in [1.807, 2.05) is 6.07 Å². The van der Waals surface area contributed by atoms with E-state index < -0.39 is 7.12 Å². The fraction of sp³-hybridized carbons (Fsp3) is 0.0556. The predicted octanol–water partition coefficient (Wildman–Crippen LogP) is 6.94. The van der Waals surface area contributed by atoms with Crippen LogP contribution in [0.2, 0.25) is 0 Å². The Morgan fingerprint density at radius 3 is 2.10 bits per heavy atom. The molecule has 0 bridgehead atoms. The van der Waals surface area contributed by atoms with Crippen LogP contribution in [0, 0.1) is 0 Å².